The lowest BCUT2D eigenvalue weighted by molar-refractivity contribution is 0.0961. The molecule has 0 aliphatic heterocycles. The van der Waals surface area contributed by atoms with Gasteiger partial charge in [-0.15, -0.1) is 11.3 Å². The molecule has 2 N–H and O–H groups in total. The van der Waals surface area contributed by atoms with Crippen molar-refractivity contribution in [2.24, 2.45) is 0 Å². The Kier molecular flexibility index (Phi) is 5.33. The molecule has 0 radical (unpaired) electrons. The minimum Gasteiger partial charge on any atom is -0.355 e. The van der Waals surface area contributed by atoms with Gasteiger partial charge in [-0.05, 0) is 43.2 Å². The summed E-state index contributed by atoms with van der Waals surface area (Å²) in [6, 6.07) is 8.87. The van der Waals surface area contributed by atoms with Crippen LogP contribution in [0.4, 0.5) is 5.69 Å². The summed E-state index contributed by atoms with van der Waals surface area (Å²) in [6.45, 7) is 4.17. The third-order valence-corrected chi connectivity index (χ3v) is 4.46. The number of hydrogen-bond acceptors (Lipinski definition) is 3. The molecule has 5 heteroatoms. The number of amides is 2. The number of benzene rings is 1. The summed E-state index contributed by atoms with van der Waals surface area (Å²) in [4.78, 5) is 25.8. The Hall–Kier alpha value is -2.14. The third-order valence-electron chi connectivity index (χ3n) is 3.37. The number of nitrogens with one attached hydrogen (secondary N) is 2. The molecule has 22 heavy (non-hydrogen) atoms. The first-order chi connectivity index (χ1) is 10.5. The summed E-state index contributed by atoms with van der Waals surface area (Å²) in [5, 5.41) is 5.42. The van der Waals surface area contributed by atoms with Crippen LogP contribution in [0.25, 0.3) is 0 Å². The summed E-state index contributed by atoms with van der Waals surface area (Å²) in [5.41, 5.74) is 2.38. The van der Waals surface area contributed by atoms with Gasteiger partial charge in [-0.2, -0.15) is 0 Å². The van der Waals surface area contributed by atoms with Gasteiger partial charge in [-0.1, -0.05) is 19.4 Å². The second-order valence-electron chi connectivity index (χ2n) is 5.06. The van der Waals surface area contributed by atoms with Crippen LogP contribution in [-0.4, -0.2) is 18.9 Å². The molecule has 0 aliphatic carbocycles. The molecule has 0 bridgehead atoms. The number of aryl methyl sites for hydroxylation is 2. The maximum atomic E-state index is 12.3. The summed E-state index contributed by atoms with van der Waals surface area (Å²) in [7, 11) is 1.58. The molecule has 0 aliphatic rings. The van der Waals surface area contributed by atoms with E-state index in [0.717, 1.165) is 12.8 Å². The molecule has 4 nitrogen and oxygen atoms in total. The fourth-order valence-electron chi connectivity index (χ4n) is 2.22. The van der Waals surface area contributed by atoms with Crippen molar-refractivity contribution in [3.8, 4) is 0 Å². The number of anilines is 1. The SMILES string of the molecule is CCCc1cc(C(=O)Nc2cccc(C(=O)NC)c2)sc1C. The third kappa shape index (κ3) is 3.74. The molecule has 0 atom stereocenters. The van der Waals surface area contributed by atoms with Crippen LogP contribution in [0.3, 0.4) is 0 Å². The Balaban J connectivity index is 2.15. The van der Waals surface area contributed by atoms with E-state index in [1.807, 2.05) is 13.0 Å². The average Bonchev–Trinajstić information content (AvgIpc) is 2.88. The van der Waals surface area contributed by atoms with E-state index in [-0.39, 0.29) is 11.8 Å². The fourth-order valence-corrected chi connectivity index (χ4v) is 3.19. The Morgan fingerprint density at radius 2 is 1.95 bits per heavy atom. The van der Waals surface area contributed by atoms with Gasteiger partial charge in [0.1, 0.15) is 0 Å². The van der Waals surface area contributed by atoms with E-state index < -0.39 is 0 Å². The van der Waals surface area contributed by atoms with E-state index in [0.29, 0.717) is 16.1 Å². The highest BCUT2D eigenvalue weighted by atomic mass is 32.1. The molecule has 2 rings (SSSR count). The molecule has 2 amide bonds. The molecule has 0 fully saturated rings. The Morgan fingerprint density at radius 3 is 2.64 bits per heavy atom. The highest BCUT2D eigenvalue weighted by Gasteiger charge is 2.13. The van der Waals surface area contributed by atoms with E-state index >= 15 is 0 Å². The van der Waals surface area contributed by atoms with Crippen molar-refractivity contribution in [1.82, 2.24) is 5.32 Å². The summed E-state index contributed by atoms with van der Waals surface area (Å²) < 4.78 is 0. The lowest BCUT2D eigenvalue weighted by atomic mass is 10.1. The lowest BCUT2D eigenvalue weighted by Crippen LogP contribution is -2.18. The number of carbonyl (C=O) groups is 2. The van der Waals surface area contributed by atoms with Crippen LogP contribution >= 0.6 is 11.3 Å². The van der Waals surface area contributed by atoms with Gasteiger partial charge in [-0.3, -0.25) is 9.59 Å². The van der Waals surface area contributed by atoms with E-state index in [2.05, 4.69) is 17.6 Å². The van der Waals surface area contributed by atoms with Crippen molar-refractivity contribution < 1.29 is 9.59 Å². The first-order valence-electron chi connectivity index (χ1n) is 7.28. The number of hydrogen-bond donors (Lipinski definition) is 2. The van der Waals surface area contributed by atoms with E-state index in [9.17, 15) is 9.59 Å². The zero-order chi connectivity index (χ0) is 16.1. The van der Waals surface area contributed by atoms with Gasteiger partial charge >= 0.3 is 0 Å². The fraction of sp³-hybridized carbons (Fsp3) is 0.294. The van der Waals surface area contributed by atoms with Gasteiger partial charge in [0.2, 0.25) is 0 Å². The molecule has 0 unspecified atom stereocenters. The lowest BCUT2D eigenvalue weighted by Gasteiger charge is -2.05. The molecule has 0 spiro atoms. The molecule has 0 saturated carbocycles. The van der Waals surface area contributed by atoms with Crippen molar-refractivity contribution in [2.75, 3.05) is 12.4 Å². The second-order valence-corrected chi connectivity index (χ2v) is 6.31. The summed E-state index contributed by atoms with van der Waals surface area (Å²) >= 11 is 1.51. The molecule has 116 valence electrons. The Labute approximate surface area is 134 Å². The van der Waals surface area contributed by atoms with Gasteiger partial charge in [0.15, 0.2) is 0 Å². The predicted octanol–water partition coefficient (Wildman–Crippen LogP) is 3.62. The van der Waals surface area contributed by atoms with Crippen molar-refractivity contribution in [3.63, 3.8) is 0 Å². The van der Waals surface area contributed by atoms with Gasteiger partial charge in [0.05, 0.1) is 4.88 Å². The molecular weight excluding hydrogens is 296 g/mol. The average molecular weight is 316 g/mol. The minimum absolute atomic E-state index is 0.135. The maximum Gasteiger partial charge on any atom is 0.265 e. The number of thiophene rings is 1. The minimum atomic E-state index is -0.173. The molecule has 0 saturated heterocycles. The molecule has 1 aromatic carbocycles. The van der Waals surface area contributed by atoms with Crippen LogP contribution in [0.15, 0.2) is 30.3 Å². The predicted molar refractivity (Wildman–Crippen MR) is 90.8 cm³/mol. The van der Waals surface area contributed by atoms with Crippen LogP contribution in [-0.2, 0) is 6.42 Å². The zero-order valence-electron chi connectivity index (χ0n) is 13.0. The first kappa shape index (κ1) is 16.2. The zero-order valence-corrected chi connectivity index (χ0v) is 13.8. The normalized spacial score (nSPS) is 10.3. The molecular formula is C17H20N2O2S. The molecule has 1 aromatic heterocycles. The number of carbonyl (C=O) groups excluding carboxylic acids is 2. The highest BCUT2D eigenvalue weighted by molar-refractivity contribution is 7.14. The number of rotatable bonds is 5. The van der Waals surface area contributed by atoms with Crippen molar-refractivity contribution >= 4 is 28.8 Å². The monoisotopic (exact) mass is 316 g/mol. The summed E-state index contributed by atoms with van der Waals surface area (Å²) in [5.74, 6) is -0.308. The van der Waals surface area contributed by atoms with E-state index in [4.69, 9.17) is 0 Å². The molecule has 1 heterocycles. The maximum absolute atomic E-state index is 12.3. The molecule has 2 aromatic rings. The summed E-state index contributed by atoms with van der Waals surface area (Å²) in [6.07, 6.45) is 2.05. The van der Waals surface area contributed by atoms with Crippen molar-refractivity contribution in [1.29, 1.82) is 0 Å². The first-order valence-corrected chi connectivity index (χ1v) is 8.09. The van der Waals surface area contributed by atoms with Crippen molar-refractivity contribution in [3.05, 3.63) is 51.2 Å². The van der Waals surface area contributed by atoms with E-state index in [1.54, 1.807) is 31.3 Å². The standard InChI is InChI=1S/C17H20N2O2S/c1-4-6-12-10-15(22-11(12)2)17(21)19-14-8-5-7-13(9-14)16(20)18-3/h5,7-10H,4,6H2,1-3H3,(H,18,20)(H,19,21). The smallest absolute Gasteiger partial charge is 0.265 e. The van der Waals surface area contributed by atoms with Gasteiger partial charge in [0.25, 0.3) is 11.8 Å². The second kappa shape index (κ2) is 7.22. The van der Waals surface area contributed by atoms with Crippen molar-refractivity contribution in [2.45, 2.75) is 26.7 Å². The quantitative estimate of drug-likeness (QED) is 0.885. The van der Waals surface area contributed by atoms with E-state index in [1.165, 1.54) is 21.8 Å². The van der Waals surface area contributed by atoms with Gasteiger partial charge in [0, 0.05) is 23.2 Å². The van der Waals surface area contributed by atoms with Crippen LogP contribution < -0.4 is 10.6 Å². The van der Waals surface area contributed by atoms with Crippen LogP contribution in [0, 0.1) is 6.92 Å². The van der Waals surface area contributed by atoms with Crippen LogP contribution in [0.5, 0.6) is 0 Å². The highest BCUT2D eigenvalue weighted by Crippen LogP contribution is 2.24. The Bertz CT molecular complexity index is 692. The van der Waals surface area contributed by atoms with Crippen LogP contribution in [0.1, 0.15) is 43.8 Å². The van der Waals surface area contributed by atoms with Gasteiger partial charge < -0.3 is 10.6 Å². The van der Waals surface area contributed by atoms with Crippen LogP contribution in [0.2, 0.25) is 0 Å². The topological polar surface area (TPSA) is 58.2 Å². The van der Waals surface area contributed by atoms with Gasteiger partial charge in [-0.25, -0.2) is 0 Å². The largest absolute Gasteiger partial charge is 0.355 e. The Morgan fingerprint density at radius 1 is 1.18 bits per heavy atom.